The molecule has 0 bridgehead atoms. The number of ketones is 1. The molecule has 1 aliphatic carbocycles. The quantitative estimate of drug-likeness (QED) is 0.736. The fourth-order valence-corrected chi connectivity index (χ4v) is 2.14. The van der Waals surface area contributed by atoms with Gasteiger partial charge in [0, 0.05) is 32.6 Å². The molecule has 1 aliphatic rings. The molecule has 0 radical (unpaired) electrons. The average molecular weight is 203 g/mol. The number of hydrogen-bond acceptors (Lipinski definition) is 2. The molecule has 0 aromatic heterocycles. The molecule has 0 aliphatic heterocycles. The van der Waals surface area contributed by atoms with E-state index in [1.807, 2.05) is 14.1 Å². The summed E-state index contributed by atoms with van der Waals surface area (Å²) in [6, 6.07) is 8.55. The molecule has 0 saturated heterocycles. The molecule has 2 nitrogen and oxygen atoms in total. The smallest absolute Gasteiger partial charge is 0.133 e. The van der Waals surface area contributed by atoms with Gasteiger partial charge in [-0.3, -0.25) is 4.79 Å². The number of Topliss-reactive ketones (excluding diaryl/α,β-unsaturated/α-hetero) is 1. The number of benzene rings is 1. The van der Waals surface area contributed by atoms with Crippen molar-refractivity contribution < 1.29 is 4.79 Å². The van der Waals surface area contributed by atoms with Crippen molar-refractivity contribution >= 4 is 11.5 Å². The van der Waals surface area contributed by atoms with Gasteiger partial charge in [0.15, 0.2) is 0 Å². The van der Waals surface area contributed by atoms with Gasteiger partial charge in [-0.05, 0) is 30.0 Å². The van der Waals surface area contributed by atoms with Gasteiger partial charge in [0.05, 0.1) is 0 Å². The van der Waals surface area contributed by atoms with Gasteiger partial charge in [0.1, 0.15) is 5.78 Å². The number of carbonyl (C=O) groups excluding carboxylic acids is 1. The molecule has 0 amide bonds. The third kappa shape index (κ3) is 2.20. The van der Waals surface area contributed by atoms with Crippen LogP contribution in [-0.2, 0) is 4.79 Å². The van der Waals surface area contributed by atoms with Gasteiger partial charge in [-0.25, -0.2) is 0 Å². The van der Waals surface area contributed by atoms with Gasteiger partial charge in [0.25, 0.3) is 0 Å². The summed E-state index contributed by atoms with van der Waals surface area (Å²) >= 11 is 0. The van der Waals surface area contributed by atoms with E-state index >= 15 is 0 Å². The van der Waals surface area contributed by atoms with Gasteiger partial charge >= 0.3 is 0 Å². The van der Waals surface area contributed by atoms with Crippen LogP contribution in [0, 0.1) is 0 Å². The summed E-state index contributed by atoms with van der Waals surface area (Å²) in [5.74, 6) is 0.880. The Morgan fingerprint density at radius 2 is 1.87 bits per heavy atom. The summed E-state index contributed by atoms with van der Waals surface area (Å²) in [5.41, 5.74) is 2.52. The number of nitrogens with zero attached hydrogens (tertiary/aromatic N) is 1. The van der Waals surface area contributed by atoms with Crippen molar-refractivity contribution in [1.82, 2.24) is 0 Å². The maximum atomic E-state index is 11.2. The van der Waals surface area contributed by atoms with Crippen LogP contribution < -0.4 is 4.90 Å². The Labute approximate surface area is 90.9 Å². The Morgan fingerprint density at radius 3 is 2.33 bits per heavy atom. The lowest BCUT2D eigenvalue weighted by molar-refractivity contribution is -0.117. The normalized spacial score (nSPS) is 20.7. The predicted octanol–water partition coefficient (Wildman–Crippen LogP) is 2.59. The Hall–Kier alpha value is -1.31. The van der Waals surface area contributed by atoms with E-state index in [4.69, 9.17) is 0 Å². The van der Waals surface area contributed by atoms with Crippen molar-refractivity contribution in [3.05, 3.63) is 29.8 Å². The minimum absolute atomic E-state index is 0.414. The lowest BCUT2D eigenvalue weighted by atomic mass is 9.97. The molecule has 0 N–H and O–H groups in total. The highest BCUT2D eigenvalue weighted by atomic mass is 16.1. The van der Waals surface area contributed by atoms with Crippen LogP contribution in [0.25, 0.3) is 0 Å². The second kappa shape index (κ2) is 4.05. The van der Waals surface area contributed by atoms with E-state index in [0.29, 0.717) is 11.7 Å². The molecular formula is C13H17NO. The zero-order chi connectivity index (χ0) is 10.8. The Kier molecular flexibility index (Phi) is 2.76. The van der Waals surface area contributed by atoms with E-state index in [9.17, 15) is 4.79 Å². The fourth-order valence-electron chi connectivity index (χ4n) is 2.14. The Morgan fingerprint density at radius 1 is 1.20 bits per heavy atom. The largest absolute Gasteiger partial charge is 0.378 e. The van der Waals surface area contributed by atoms with E-state index in [1.54, 1.807) is 0 Å². The van der Waals surface area contributed by atoms with E-state index in [0.717, 1.165) is 19.3 Å². The van der Waals surface area contributed by atoms with Crippen molar-refractivity contribution in [2.75, 3.05) is 19.0 Å². The third-order valence-corrected chi connectivity index (χ3v) is 3.13. The molecule has 2 heteroatoms. The maximum absolute atomic E-state index is 11.2. The third-order valence-electron chi connectivity index (χ3n) is 3.13. The zero-order valence-corrected chi connectivity index (χ0v) is 9.36. The van der Waals surface area contributed by atoms with Crippen molar-refractivity contribution in [2.24, 2.45) is 0 Å². The van der Waals surface area contributed by atoms with Crippen LogP contribution in [0.3, 0.4) is 0 Å². The summed E-state index contributed by atoms with van der Waals surface area (Å²) in [5, 5.41) is 0. The maximum Gasteiger partial charge on any atom is 0.133 e. The van der Waals surface area contributed by atoms with E-state index in [2.05, 4.69) is 29.2 Å². The first kappa shape index (κ1) is 10.2. The van der Waals surface area contributed by atoms with Crippen LogP contribution in [0.4, 0.5) is 5.69 Å². The minimum Gasteiger partial charge on any atom is -0.378 e. The number of anilines is 1. The SMILES string of the molecule is CN(C)c1ccc([C@H]2CCC(=O)C2)cc1. The molecule has 1 atom stereocenters. The molecular weight excluding hydrogens is 186 g/mol. The second-order valence-electron chi connectivity index (χ2n) is 4.46. The van der Waals surface area contributed by atoms with Crippen LogP contribution in [0.1, 0.15) is 30.7 Å². The number of hydrogen-bond donors (Lipinski definition) is 0. The molecule has 1 fully saturated rings. The van der Waals surface area contributed by atoms with Crippen LogP contribution in [0.2, 0.25) is 0 Å². The molecule has 0 spiro atoms. The highest BCUT2D eigenvalue weighted by Gasteiger charge is 2.23. The Bertz CT molecular complexity index is 353. The van der Waals surface area contributed by atoms with Crippen molar-refractivity contribution in [3.63, 3.8) is 0 Å². The summed E-state index contributed by atoms with van der Waals surface area (Å²) in [6.07, 6.45) is 2.53. The highest BCUT2D eigenvalue weighted by molar-refractivity contribution is 5.81. The second-order valence-corrected chi connectivity index (χ2v) is 4.46. The highest BCUT2D eigenvalue weighted by Crippen LogP contribution is 2.32. The molecule has 0 heterocycles. The van der Waals surface area contributed by atoms with Crippen molar-refractivity contribution in [3.8, 4) is 0 Å². The molecule has 2 rings (SSSR count). The van der Waals surface area contributed by atoms with Crippen LogP contribution in [-0.4, -0.2) is 19.9 Å². The number of rotatable bonds is 2. The monoisotopic (exact) mass is 203 g/mol. The molecule has 1 aromatic rings. The standard InChI is InChI=1S/C13H17NO/c1-14(2)12-6-3-10(4-7-12)11-5-8-13(15)9-11/h3-4,6-7,11H,5,8-9H2,1-2H3/t11-/m0/s1. The summed E-state index contributed by atoms with van der Waals surface area (Å²) < 4.78 is 0. The fraction of sp³-hybridized carbons (Fsp3) is 0.462. The van der Waals surface area contributed by atoms with Gasteiger partial charge < -0.3 is 4.90 Å². The average Bonchev–Trinajstić information content (AvgIpc) is 2.65. The van der Waals surface area contributed by atoms with E-state index < -0.39 is 0 Å². The van der Waals surface area contributed by atoms with Gasteiger partial charge in [-0.1, -0.05) is 12.1 Å². The first-order chi connectivity index (χ1) is 7.16. The van der Waals surface area contributed by atoms with Crippen LogP contribution >= 0.6 is 0 Å². The molecule has 1 saturated carbocycles. The molecule has 0 unspecified atom stereocenters. The number of carbonyl (C=O) groups is 1. The lowest BCUT2D eigenvalue weighted by Crippen LogP contribution is -2.08. The van der Waals surface area contributed by atoms with E-state index in [-0.39, 0.29) is 0 Å². The van der Waals surface area contributed by atoms with Gasteiger partial charge in [-0.15, -0.1) is 0 Å². The first-order valence-corrected chi connectivity index (χ1v) is 5.46. The molecule has 15 heavy (non-hydrogen) atoms. The van der Waals surface area contributed by atoms with Crippen molar-refractivity contribution in [2.45, 2.75) is 25.2 Å². The summed E-state index contributed by atoms with van der Waals surface area (Å²) in [6.45, 7) is 0. The van der Waals surface area contributed by atoms with Gasteiger partial charge in [0.2, 0.25) is 0 Å². The molecule has 1 aromatic carbocycles. The summed E-state index contributed by atoms with van der Waals surface area (Å²) in [7, 11) is 4.07. The minimum atomic E-state index is 0.414. The first-order valence-electron chi connectivity index (χ1n) is 5.46. The Balaban J connectivity index is 2.13. The van der Waals surface area contributed by atoms with Gasteiger partial charge in [-0.2, -0.15) is 0 Å². The topological polar surface area (TPSA) is 20.3 Å². The lowest BCUT2D eigenvalue weighted by Gasteiger charge is -2.14. The van der Waals surface area contributed by atoms with E-state index in [1.165, 1.54) is 11.3 Å². The summed E-state index contributed by atoms with van der Waals surface area (Å²) in [4.78, 5) is 13.3. The van der Waals surface area contributed by atoms with Crippen LogP contribution in [0.15, 0.2) is 24.3 Å². The predicted molar refractivity (Wildman–Crippen MR) is 62.4 cm³/mol. The zero-order valence-electron chi connectivity index (χ0n) is 9.36. The molecule has 80 valence electrons. The van der Waals surface area contributed by atoms with Crippen LogP contribution in [0.5, 0.6) is 0 Å². The van der Waals surface area contributed by atoms with Crippen molar-refractivity contribution in [1.29, 1.82) is 0 Å².